The van der Waals surface area contributed by atoms with Gasteiger partial charge >= 0.3 is 11.9 Å². The molecule has 0 aromatic heterocycles. The highest BCUT2D eigenvalue weighted by Crippen LogP contribution is 2.45. The zero-order valence-electron chi connectivity index (χ0n) is 23.6. The first kappa shape index (κ1) is 29.2. The largest absolute Gasteiger partial charge is 0.425 e. The van der Waals surface area contributed by atoms with E-state index in [2.05, 4.69) is 13.8 Å². The molecule has 0 bridgehead atoms. The summed E-state index contributed by atoms with van der Waals surface area (Å²) in [4.78, 5) is 53.6. The smallest absolute Gasteiger partial charge is 0.311 e. The van der Waals surface area contributed by atoms with Crippen LogP contribution in [-0.2, 0) is 19.1 Å². The van der Waals surface area contributed by atoms with Gasteiger partial charge < -0.3 is 9.47 Å². The minimum absolute atomic E-state index is 0.0209. The van der Waals surface area contributed by atoms with Crippen LogP contribution in [0.15, 0.2) is 59.7 Å². The van der Waals surface area contributed by atoms with Crippen LogP contribution in [0.1, 0.15) is 123 Å². The van der Waals surface area contributed by atoms with Crippen LogP contribution in [-0.4, -0.2) is 23.5 Å². The van der Waals surface area contributed by atoms with Crippen molar-refractivity contribution < 1.29 is 28.7 Å². The molecular formula is C34H38O6. The van der Waals surface area contributed by atoms with Gasteiger partial charge in [0.05, 0.1) is 11.1 Å². The average Bonchev–Trinajstić information content (AvgIpc) is 2.96. The number of hydrogen-bond donors (Lipinski definition) is 0. The lowest BCUT2D eigenvalue weighted by Crippen LogP contribution is -2.28. The van der Waals surface area contributed by atoms with Gasteiger partial charge in [-0.25, -0.2) is 0 Å². The van der Waals surface area contributed by atoms with Crippen LogP contribution in [0.3, 0.4) is 0 Å². The first-order valence-electron chi connectivity index (χ1n) is 14.7. The van der Waals surface area contributed by atoms with Crippen molar-refractivity contribution in [3.05, 3.63) is 81.9 Å². The lowest BCUT2D eigenvalue weighted by atomic mass is 9.76. The van der Waals surface area contributed by atoms with Gasteiger partial charge in [0.25, 0.3) is 0 Å². The predicted octanol–water partition coefficient (Wildman–Crippen LogP) is 8.01. The van der Waals surface area contributed by atoms with E-state index in [0.717, 1.165) is 51.4 Å². The molecule has 0 spiro atoms. The van der Waals surface area contributed by atoms with Gasteiger partial charge in [-0.05, 0) is 12.8 Å². The highest BCUT2D eigenvalue weighted by atomic mass is 16.5. The second kappa shape index (κ2) is 14.0. The normalized spacial score (nSPS) is 14.1. The molecule has 2 aromatic rings. The van der Waals surface area contributed by atoms with Gasteiger partial charge in [-0.1, -0.05) is 114 Å². The Morgan fingerprint density at radius 1 is 0.525 bits per heavy atom. The van der Waals surface area contributed by atoms with Gasteiger partial charge in [0.15, 0.2) is 23.1 Å². The number of carbonyl (C=O) groups is 4. The van der Waals surface area contributed by atoms with Crippen LogP contribution >= 0.6 is 0 Å². The van der Waals surface area contributed by atoms with Crippen molar-refractivity contribution in [1.82, 2.24) is 0 Å². The summed E-state index contributed by atoms with van der Waals surface area (Å²) in [7, 11) is 0. The number of hydrogen-bond acceptors (Lipinski definition) is 6. The van der Waals surface area contributed by atoms with E-state index >= 15 is 0 Å². The molecule has 0 aliphatic heterocycles. The van der Waals surface area contributed by atoms with Gasteiger partial charge in [-0.2, -0.15) is 0 Å². The number of carbonyl (C=O) groups excluding carboxylic acids is 4. The lowest BCUT2D eigenvalue weighted by molar-refractivity contribution is -0.137. The van der Waals surface area contributed by atoms with E-state index < -0.39 is 23.5 Å². The topological polar surface area (TPSA) is 86.7 Å². The number of ketones is 2. The van der Waals surface area contributed by atoms with E-state index in [-0.39, 0.29) is 35.5 Å². The standard InChI is InChI=1S/C34H38O6/c1-3-5-7-9-11-21-27(35)39-33-25-19-15-13-17-23(25)32(38)30-29(33)31(37)24-18-14-16-20-26(24)34(30)40-28(36)22-12-10-8-6-4-2/h13-20H,3-12,21-22H2,1-2H3. The van der Waals surface area contributed by atoms with Crippen molar-refractivity contribution in [2.45, 2.75) is 90.9 Å². The molecule has 0 atom stereocenters. The number of fused-ring (bicyclic) bond motifs is 3. The third kappa shape index (κ3) is 6.49. The second-order valence-electron chi connectivity index (χ2n) is 10.4. The molecule has 40 heavy (non-hydrogen) atoms. The van der Waals surface area contributed by atoms with Crippen molar-refractivity contribution in [1.29, 1.82) is 0 Å². The lowest BCUT2D eigenvalue weighted by Gasteiger charge is -2.29. The van der Waals surface area contributed by atoms with Crippen molar-refractivity contribution in [3.8, 4) is 0 Å². The molecule has 0 saturated carbocycles. The monoisotopic (exact) mass is 542 g/mol. The van der Waals surface area contributed by atoms with Crippen molar-refractivity contribution in [2.75, 3.05) is 0 Å². The molecule has 0 saturated heterocycles. The molecule has 2 aliphatic carbocycles. The van der Waals surface area contributed by atoms with Gasteiger partial charge in [0.1, 0.15) is 0 Å². The minimum atomic E-state index is -0.459. The zero-order chi connectivity index (χ0) is 28.5. The molecule has 6 nitrogen and oxygen atoms in total. The van der Waals surface area contributed by atoms with Crippen LogP contribution in [0.2, 0.25) is 0 Å². The molecule has 0 heterocycles. The number of ether oxygens (including phenoxy) is 2. The van der Waals surface area contributed by atoms with Gasteiger partial charge in [-0.15, -0.1) is 0 Å². The molecular weight excluding hydrogens is 504 g/mol. The van der Waals surface area contributed by atoms with E-state index in [1.807, 2.05) is 0 Å². The minimum Gasteiger partial charge on any atom is -0.425 e. The van der Waals surface area contributed by atoms with Crippen LogP contribution in [0.5, 0.6) is 0 Å². The number of esters is 2. The first-order valence-corrected chi connectivity index (χ1v) is 14.7. The molecule has 210 valence electrons. The van der Waals surface area contributed by atoms with Gasteiger partial charge in [0, 0.05) is 35.1 Å². The fraction of sp³-hybridized carbons (Fsp3) is 0.412. The summed E-state index contributed by atoms with van der Waals surface area (Å²) in [5, 5.41) is 0. The van der Waals surface area contributed by atoms with E-state index in [4.69, 9.17) is 9.47 Å². The SMILES string of the molecule is CCCCCCCC(=O)OC1=C2C(=O)c3ccccc3C(OC(=O)CCCCCCC)=C2C(=O)c2ccccc21. The molecule has 0 amide bonds. The first-order chi connectivity index (χ1) is 19.5. The van der Waals surface area contributed by atoms with Crippen molar-refractivity contribution >= 4 is 35.0 Å². The van der Waals surface area contributed by atoms with E-state index in [9.17, 15) is 19.2 Å². The Morgan fingerprint density at radius 3 is 1.25 bits per heavy atom. The predicted molar refractivity (Wildman–Crippen MR) is 154 cm³/mol. The number of Topliss-reactive ketones (excluding diaryl/α,β-unsaturated/α-hetero) is 2. The molecule has 6 heteroatoms. The molecule has 2 aromatic carbocycles. The maximum Gasteiger partial charge on any atom is 0.311 e. The van der Waals surface area contributed by atoms with Crippen LogP contribution in [0, 0.1) is 0 Å². The maximum absolute atomic E-state index is 13.9. The van der Waals surface area contributed by atoms with Gasteiger partial charge in [0.2, 0.25) is 0 Å². The number of allylic oxidation sites excluding steroid dienone is 2. The third-order valence-corrected chi connectivity index (χ3v) is 7.39. The fourth-order valence-electron chi connectivity index (χ4n) is 5.24. The summed E-state index contributed by atoms with van der Waals surface area (Å²) in [5.41, 5.74) is 1.33. The fourth-order valence-corrected chi connectivity index (χ4v) is 5.24. The Kier molecular flexibility index (Phi) is 10.2. The van der Waals surface area contributed by atoms with Crippen LogP contribution in [0.4, 0.5) is 0 Å². The summed E-state index contributed by atoms with van der Waals surface area (Å²) < 4.78 is 11.8. The van der Waals surface area contributed by atoms with Crippen LogP contribution in [0.25, 0.3) is 11.5 Å². The Bertz CT molecular complexity index is 1240. The van der Waals surface area contributed by atoms with Crippen molar-refractivity contribution in [3.63, 3.8) is 0 Å². The molecule has 0 radical (unpaired) electrons. The summed E-state index contributed by atoms with van der Waals surface area (Å²) in [5.74, 6) is -1.68. The number of rotatable bonds is 14. The molecule has 0 N–H and O–H groups in total. The second-order valence-corrected chi connectivity index (χ2v) is 10.4. The highest BCUT2D eigenvalue weighted by molar-refractivity contribution is 6.34. The third-order valence-electron chi connectivity index (χ3n) is 7.39. The Labute approximate surface area is 236 Å². The molecule has 0 fully saturated rings. The Hall–Kier alpha value is -3.80. The van der Waals surface area contributed by atoms with Gasteiger partial charge in [-0.3, -0.25) is 19.2 Å². The number of unbranched alkanes of at least 4 members (excludes halogenated alkanes) is 8. The summed E-state index contributed by atoms with van der Waals surface area (Å²) >= 11 is 0. The summed E-state index contributed by atoms with van der Waals surface area (Å²) in [6, 6.07) is 13.5. The highest BCUT2D eigenvalue weighted by Gasteiger charge is 2.43. The molecule has 4 rings (SSSR count). The average molecular weight is 543 g/mol. The molecule has 0 unspecified atom stereocenters. The maximum atomic E-state index is 13.9. The van der Waals surface area contributed by atoms with Crippen molar-refractivity contribution in [2.24, 2.45) is 0 Å². The Morgan fingerprint density at radius 2 is 0.875 bits per heavy atom. The quantitative estimate of drug-likeness (QED) is 0.177. The van der Waals surface area contributed by atoms with E-state index in [0.29, 0.717) is 35.1 Å². The number of benzene rings is 2. The summed E-state index contributed by atoms with van der Waals surface area (Å²) in [6.07, 6.45) is 10.1. The Balaban J connectivity index is 1.73. The zero-order valence-corrected chi connectivity index (χ0v) is 23.6. The van der Waals surface area contributed by atoms with E-state index in [1.54, 1.807) is 48.5 Å². The molecule has 2 aliphatic rings. The van der Waals surface area contributed by atoms with E-state index in [1.165, 1.54) is 0 Å². The van der Waals surface area contributed by atoms with Crippen LogP contribution < -0.4 is 0 Å². The summed E-state index contributed by atoms with van der Waals surface area (Å²) in [6.45, 7) is 4.26.